The van der Waals surface area contributed by atoms with Crippen LogP contribution in [0, 0.1) is 5.41 Å². The number of carboxylic acid groups (broad SMARTS) is 1. The van der Waals surface area contributed by atoms with Crippen LogP contribution in [0.4, 0.5) is 0 Å². The molecular formula is C9H18O3. The topological polar surface area (TPSA) is 46.5 Å². The Morgan fingerprint density at radius 2 is 2.08 bits per heavy atom. The van der Waals surface area contributed by atoms with E-state index < -0.39 is 11.4 Å². The van der Waals surface area contributed by atoms with E-state index in [2.05, 4.69) is 0 Å². The lowest BCUT2D eigenvalue weighted by atomic mass is 9.86. The van der Waals surface area contributed by atoms with Crippen LogP contribution < -0.4 is 0 Å². The van der Waals surface area contributed by atoms with E-state index in [1.54, 1.807) is 21.0 Å². The molecule has 3 heteroatoms. The van der Waals surface area contributed by atoms with Gasteiger partial charge in [-0.15, -0.1) is 0 Å². The minimum absolute atomic E-state index is 0.0519. The molecule has 3 nitrogen and oxygen atoms in total. The van der Waals surface area contributed by atoms with E-state index in [4.69, 9.17) is 9.84 Å². The molecule has 1 atom stereocenters. The van der Waals surface area contributed by atoms with E-state index in [0.29, 0.717) is 6.42 Å². The van der Waals surface area contributed by atoms with Gasteiger partial charge in [0.05, 0.1) is 11.5 Å². The first-order chi connectivity index (χ1) is 5.44. The lowest BCUT2D eigenvalue weighted by Crippen LogP contribution is -2.29. The molecular weight excluding hydrogens is 156 g/mol. The van der Waals surface area contributed by atoms with Crippen LogP contribution in [0.1, 0.15) is 33.6 Å². The van der Waals surface area contributed by atoms with Gasteiger partial charge in [0, 0.05) is 7.11 Å². The van der Waals surface area contributed by atoms with Crippen molar-refractivity contribution in [2.45, 2.75) is 39.7 Å². The van der Waals surface area contributed by atoms with Gasteiger partial charge in [-0.1, -0.05) is 6.92 Å². The maximum absolute atomic E-state index is 10.7. The van der Waals surface area contributed by atoms with Crippen LogP contribution in [0.3, 0.4) is 0 Å². The Labute approximate surface area is 73.7 Å². The Morgan fingerprint density at radius 3 is 2.33 bits per heavy atom. The van der Waals surface area contributed by atoms with Crippen molar-refractivity contribution in [1.29, 1.82) is 0 Å². The van der Waals surface area contributed by atoms with Gasteiger partial charge >= 0.3 is 5.97 Å². The smallest absolute Gasteiger partial charge is 0.309 e. The fraction of sp³-hybridized carbons (Fsp3) is 0.889. The second-order valence-electron chi connectivity index (χ2n) is 3.66. The molecule has 0 heterocycles. The van der Waals surface area contributed by atoms with Crippen molar-refractivity contribution < 1.29 is 14.6 Å². The fourth-order valence-corrected chi connectivity index (χ4v) is 1.05. The zero-order valence-corrected chi connectivity index (χ0v) is 8.26. The Kier molecular flexibility index (Phi) is 4.24. The van der Waals surface area contributed by atoms with Gasteiger partial charge in [0.15, 0.2) is 0 Å². The summed E-state index contributed by atoms with van der Waals surface area (Å²) in [6.45, 7) is 5.43. The molecule has 0 aromatic heterocycles. The van der Waals surface area contributed by atoms with Crippen LogP contribution in [-0.2, 0) is 9.53 Å². The molecule has 0 aromatic carbocycles. The molecule has 0 bridgehead atoms. The summed E-state index contributed by atoms with van der Waals surface area (Å²) in [6, 6.07) is 0. The number of methoxy groups -OCH3 is 1. The standard InChI is InChI=1S/C9H18O3/c1-5-7(12-4)6-9(2,3)8(10)11/h7H,5-6H2,1-4H3,(H,10,11). The van der Waals surface area contributed by atoms with E-state index in [9.17, 15) is 4.79 Å². The van der Waals surface area contributed by atoms with Crippen LogP contribution in [0.2, 0.25) is 0 Å². The Balaban J connectivity index is 4.12. The molecule has 0 aromatic rings. The normalized spacial score (nSPS) is 14.3. The predicted octanol–water partition coefficient (Wildman–Crippen LogP) is 1.91. The molecule has 0 amide bonds. The SMILES string of the molecule is CCC(CC(C)(C)C(=O)O)OC. The highest BCUT2D eigenvalue weighted by Crippen LogP contribution is 2.24. The molecule has 72 valence electrons. The summed E-state index contributed by atoms with van der Waals surface area (Å²) in [4.78, 5) is 10.7. The summed E-state index contributed by atoms with van der Waals surface area (Å²) in [5, 5.41) is 8.83. The van der Waals surface area contributed by atoms with E-state index in [-0.39, 0.29) is 6.10 Å². The van der Waals surface area contributed by atoms with Crippen molar-refractivity contribution >= 4 is 5.97 Å². The van der Waals surface area contributed by atoms with Crippen molar-refractivity contribution in [3.63, 3.8) is 0 Å². The van der Waals surface area contributed by atoms with Gasteiger partial charge in [-0.3, -0.25) is 4.79 Å². The number of rotatable bonds is 5. The van der Waals surface area contributed by atoms with Crippen LogP contribution >= 0.6 is 0 Å². The summed E-state index contributed by atoms with van der Waals surface area (Å²) in [6.07, 6.45) is 1.47. The second-order valence-corrected chi connectivity index (χ2v) is 3.66. The molecule has 0 radical (unpaired) electrons. The van der Waals surface area contributed by atoms with Gasteiger partial charge in [-0.25, -0.2) is 0 Å². The maximum Gasteiger partial charge on any atom is 0.309 e. The Hall–Kier alpha value is -0.570. The molecule has 1 unspecified atom stereocenters. The number of aliphatic carboxylic acids is 1. The van der Waals surface area contributed by atoms with Gasteiger partial charge in [-0.05, 0) is 26.7 Å². The second kappa shape index (κ2) is 4.45. The number of carbonyl (C=O) groups is 1. The highest BCUT2D eigenvalue weighted by atomic mass is 16.5. The first-order valence-corrected chi connectivity index (χ1v) is 4.20. The van der Waals surface area contributed by atoms with E-state index >= 15 is 0 Å². The van der Waals surface area contributed by atoms with Crippen LogP contribution in [0.5, 0.6) is 0 Å². The molecule has 0 aliphatic carbocycles. The summed E-state index contributed by atoms with van der Waals surface area (Å²) >= 11 is 0. The van der Waals surface area contributed by atoms with Gasteiger partial charge in [0.1, 0.15) is 0 Å². The molecule has 12 heavy (non-hydrogen) atoms. The molecule has 0 fully saturated rings. The van der Waals surface area contributed by atoms with Gasteiger partial charge in [-0.2, -0.15) is 0 Å². The fourth-order valence-electron chi connectivity index (χ4n) is 1.05. The minimum Gasteiger partial charge on any atom is -0.481 e. The molecule has 1 N–H and O–H groups in total. The Morgan fingerprint density at radius 1 is 1.58 bits per heavy atom. The third-order valence-corrected chi connectivity index (χ3v) is 2.11. The molecule has 0 aliphatic rings. The van der Waals surface area contributed by atoms with Crippen molar-refractivity contribution in [3.05, 3.63) is 0 Å². The van der Waals surface area contributed by atoms with Crippen molar-refractivity contribution in [1.82, 2.24) is 0 Å². The highest BCUT2D eigenvalue weighted by molar-refractivity contribution is 5.73. The van der Waals surface area contributed by atoms with Gasteiger partial charge in [0.25, 0.3) is 0 Å². The largest absolute Gasteiger partial charge is 0.481 e. The minimum atomic E-state index is -0.766. The number of hydrogen-bond donors (Lipinski definition) is 1. The molecule has 0 aliphatic heterocycles. The average Bonchev–Trinajstić information content (AvgIpc) is 2.00. The third-order valence-electron chi connectivity index (χ3n) is 2.11. The quantitative estimate of drug-likeness (QED) is 0.692. The van der Waals surface area contributed by atoms with Crippen LogP contribution in [-0.4, -0.2) is 24.3 Å². The zero-order valence-electron chi connectivity index (χ0n) is 8.26. The summed E-state index contributed by atoms with van der Waals surface area (Å²) in [5.41, 5.74) is -0.684. The van der Waals surface area contributed by atoms with Gasteiger partial charge in [0.2, 0.25) is 0 Å². The predicted molar refractivity (Wildman–Crippen MR) is 47.1 cm³/mol. The Bertz CT molecular complexity index is 148. The van der Waals surface area contributed by atoms with Crippen LogP contribution in [0.15, 0.2) is 0 Å². The summed E-state index contributed by atoms with van der Waals surface area (Å²) < 4.78 is 5.12. The van der Waals surface area contributed by atoms with E-state index in [1.165, 1.54) is 0 Å². The molecule has 0 saturated carbocycles. The lowest BCUT2D eigenvalue weighted by molar-refractivity contribution is -0.149. The summed E-state index contributed by atoms with van der Waals surface area (Å²) in [7, 11) is 1.62. The van der Waals surface area contributed by atoms with Crippen molar-refractivity contribution in [3.8, 4) is 0 Å². The number of ether oxygens (including phenoxy) is 1. The average molecular weight is 174 g/mol. The lowest BCUT2D eigenvalue weighted by Gasteiger charge is -2.24. The molecule has 0 saturated heterocycles. The monoisotopic (exact) mass is 174 g/mol. The van der Waals surface area contributed by atoms with Crippen molar-refractivity contribution in [2.75, 3.05) is 7.11 Å². The molecule has 0 spiro atoms. The number of carboxylic acids is 1. The van der Waals surface area contributed by atoms with Gasteiger partial charge < -0.3 is 9.84 Å². The molecule has 0 rings (SSSR count). The third kappa shape index (κ3) is 3.22. The van der Waals surface area contributed by atoms with E-state index in [1.807, 2.05) is 6.92 Å². The summed E-state index contributed by atoms with van der Waals surface area (Å²) in [5.74, 6) is -0.766. The van der Waals surface area contributed by atoms with Crippen molar-refractivity contribution in [2.24, 2.45) is 5.41 Å². The zero-order chi connectivity index (χ0) is 9.78. The van der Waals surface area contributed by atoms with Crippen LogP contribution in [0.25, 0.3) is 0 Å². The number of hydrogen-bond acceptors (Lipinski definition) is 2. The first-order valence-electron chi connectivity index (χ1n) is 4.20. The maximum atomic E-state index is 10.7. The first kappa shape index (κ1) is 11.4. The van der Waals surface area contributed by atoms with E-state index in [0.717, 1.165) is 6.42 Å². The highest BCUT2D eigenvalue weighted by Gasteiger charge is 2.29.